The van der Waals surface area contributed by atoms with Gasteiger partial charge in [0.1, 0.15) is 6.10 Å². The molecule has 0 amide bonds. The molecular weight excluding hydrogens is 380 g/mol. The van der Waals surface area contributed by atoms with Gasteiger partial charge in [0, 0.05) is 39.9 Å². The van der Waals surface area contributed by atoms with Gasteiger partial charge in [0.25, 0.3) is 0 Å². The zero-order valence-corrected chi connectivity index (χ0v) is 16.7. The van der Waals surface area contributed by atoms with Crippen LogP contribution in [0.25, 0.3) is 0 Å². The molecule has 0 aromatic rings. The monoisotopic (exact) mass is 406 g/mol. The van der Waals surface area contributed by atoms with E-state index in [1.807, 2.05) is 0 Å². The SMILES string of the molecule is CC(=O)O[C@H]([C@H](CSC(C)=O)OC(C)=O)[C@@H](CC1OCCCO1)OC(C)=O. The molecule has 154 valence electrons. The van der Waals surface area contributed by atoms with Crippen molar-refractivity contribution in [3.8, 4) is 0 Å². The molecule has 3 atom stereocenters. The van der Waals surface area contributed by atoms with Crippen molar-refractivity contribution in [3.63, 3.8) is 0 Å². The highest BCUT2D eigenvalue weighted by Gasteiger charge is 2.39. The summed E-state index contributed by atoms with van der Waals surface area (Å²) in [6.07, 6.45) is -2.91. The standard InChI is InChI=1S/C17H26O9S/c1-10(18)24-14(8-16-22-6-5-7-23-16)17(26-12(3)20)15(25-11(2)19)9-27-13(4)21/h14-17H,5-9H2,1-4H3/t14-,15+,17+/m1/s1. The fourth-order valence-electron chi connectivity index (χ4n) is 2.52. The van der Waals surface area contributed by atoms with E-state index in [0.717, 1.165) is 18.2 Å². The van der Waals surface area contributed by atoms with E-state index < -0.39 is 42.5 Å². The Labute approximate surface area is 162 Å². The highest BCUT2D eigenvalue weighted by Crippen LogP contribution is 2.23. The molecule has 0 aromatic carbocycles. The predicted molar refractivity (Wildman–Crippen MR) is 94.7 cm³/mol. The molecule has 0 aromatic heterocycles. The molecule has 1 aliphatic heterocycles. The molecule has 1 heterocycles. The maximum atomic E-state index is 11.6. The van der Waals surface area contributed by atoms with E-state index in [2.05, 4.69) is 0 Å². The third-order valence-corrected chi connectivity index (χ3v) is 4.34. The largest absolute Gasteiger partial charge is 0.458 e. The Balaban J connectivity index is 3.06. The lowest BCUT2D eigenvalue weighted by Gasteiger charge is -2.34. The fourth-order valence-corrected chi connectivity index (χ4v) is 3.17. The van der Waals surface area contributed by atoms with Gasteiger partial charge in [0.05, 0.1) is 13.2 Å². The van der Waals surface area contributed by atoms with Crippen molar-refractivity contribution in [2.24, 2.45) is 0 Å². The van der Waals surface area contributed by atoms with E-state index in [0.29, 0.717) is 13.2 Å². The van der Waals surface area contributed by atoms with Crippen LogP contribution in [-0.2, 0) is 42.9 Å². The number of hydrogen-bond acceptors (Lipinski definition) is 10. The smallest absolute Gasteiger partial charge is 0.303 e. The van der Waals surface area contributed by atoms with Crippen LogP contribution in [0.3, 0.4) is 0 Å². The van der Waals surface area contributed by atoms with Crippen LogP contribution in [-0.4, -0.2) is 66.6 Å². The molecule has 1 fully saturated rings. The van der Waals surface area contributed by atoms with Crippen LogP contribution in [0.4, 0.5) is 0 Å². The van der Waals surface area contributed by atoms with Crippen LogP contribution in [0.5, 0.6) is 0 Å². The average Bonchev–Trinajstić information content (AvgIpc) is 2.56. The summed E-state index contributed by atoms with van der Waals surface area (Å²) in [4.78, 5) is 46.1. The molecule has 0 saturated carbocycles. The molecule has 10 heteroatoms. The van der Waals surface area contributed by atoms with Gasteiger partial charge in [0.2, 0.25) is 0 Å². The minimum atomic E-state index is -1.11. The van der Waals surface area contributed by atoms with Crippen molar-refractivity contribution in [1.29, 1.82) is 0 Å². The van der Waals surface area contributed by atoms with Gasteiger partial charge in [-0.25, -0.2) is 0 Å². The number of thioether (sulfide) groups is 1. The molecule has 0 N–H and O–H groups in total. The summed E-state index contributed by atoms with van der Waals surface area (Å²) in [5.74, 6) is -1.83. The first kappa shape index (κ1) is 23.4. The van der Waals surface area contributed by atoms with Gasteiger partial charge < -0.3 is 23.7 Å². The molecule has 1 rings (SSSR count). The number of esters is 3. The first-order valence-electron chi connectivity index (χ1n) is 8.57. The average molecular weight is 406 g/mol. The maximum absolute atomic E-state index is 11.6. The number of rotatable bonds is 9. The maximum Gasteiger partial charge on any atom is 0.303 e. The molecule has 9 nitrogen and oxygen atoms in total. The number of carbonyl (C=O) groups excluding carboxylic acids is 4. The highest BCUT2D eigenvalue weighted by atomic mass is 32.2. The van der Waals surface area contributed by atoms with Crippen LogP contribution >= 0.6 is 11.8 Å². The van der Waals surface area contributed by atoms with Crippen LogP contribution in [0.1, 0.15) is 40.5 Å². The number of hydrogen-bond donors (Lipinski definition) is 0. The van der Waals surface area contributed by atoms with Crippen molar-refractivity contribution in [3.05, 3.63) is 0 Å². The quantitative estimate of drug-likeness (QED) is 0.409. The van der Waals surface area contributed by atoms with Crippen LogP contribution in [0, 0.1) is 0 Å². The second-order valence-corrected chi connectivity index (χ2v) is 7.13. The first-order valence-corrected chi connectivity index (χ1v) is 9.55. The number of carbonyl (C=O) groups is 4. The predicted octanol–water partition coefficient (Wildman–Crippen LogP) is 1.21. The lowest BCUT2D eigenvalue weighted by Crippen LogP contribution is -2.48. The Hall–Kier alpha value is -1.65. The molecular formula is C17H26O9S. The van der Waals surface area contributed by atoms with Gasteiger partial charge in [-0.2, -0.15) is 0 Å². The number of ether oxygens (including phenoxy) is 5. The first-order chi connectivity index (χ1) is 12.7. The minimum Gasteiger partial charge on any atom is -0.458 e. The second kappa shape index (κ2) is 11.9. The Kier molecular flexibility index (Phi) is 10.3. The summed E-state index contributed by atoms with van der Waals surface area (Å²) in [5, 5.41) is -0.197. The van der Waals surface area contributed by atoms with Gasteiger partial charge in [-0.3, -0.25) is 19.2 Å². The highest BCUT2D eigenvalue weighted by molar-refractivity contribution is 8.13. The molecule has 27 heavy (non-hydrogen) atoms. The van der Waals surface area contributed by atoms with Gasteiger partial charge in [-0.1, -0.05) is 11.8 Å². The van der Waals surface area contributed by atoms with Gasteiger partial charge in [0.15, 0.2) is 23.6 Å². The van der Waals surface area contributed by atoms with Gasteiger partial charge >= 0.3 is 17.9 Å². The second-order valence-electron chi connectivity index (χ2n) is 5.93. The fraction of sp³-hybridized carbons (Fsp3) is 0.765. The normalized spacial score (nSPS) is 18.1. The van der Waals surface area contributed by atoms with E-state index in [1.54, 1.807) is 0 Å². The summed E-state index contributed by atoms with van der Waals surface area (Å²) in [6.45, 7) is 5.94. The Morgan fingerprint density at radius 3 is 1.89 bits per heavy atom. The molecule has 1 aliphatic rings. The summed E-state index contributed by atoms with van der Waals surface area (Å²) >= 11 is 0.909. The minimum absolute atomic E-state index is 0.0387. The van der Waals surface area contributed by atoms with Crippen molar-refractivity contribution < 1.29 is 42.9 Å². The van der Waals surface area contributed by atoms with Gasteiger partial charge in [-0.05, 0) is 6.42 Å². The van der Waals surface area contributed by atoms with E-state index in [-0.39, 0.29) is 17.3 Å². The zero-order chi connectivity index (χ0) is 20.4. The van der Waals surface area contributed by atoms with Crippen molar-refractivity contribution in [1.82, 2.24) is 0 Å². The molecule has 0 spiro atoms. The molecule has 0 unspecified atom stereocenters. The summed E-state index contributed by atoms with van der Waals surface area (Å²) in [7, 11) is 0. The molecule has 0 radical (unpaired) electrons. The Morgan fingerprint density at radius 2 is 1.41 bits per heavy atom. The molecule has 0 aliphatic carbocycles. The van der Waals surface area contributed by atoms with Crippen molar-refractivity contribution >= 4 is 34.8 Å². The Bertz CT molecular complexity index is 530. The van der Waals surface area contributed by atoms with Crippen LogP contribution in [0.2, 0.25) is 0 Å². The zero-order valence-electron chi connectivity index (χ0n) is 15.9. The Morgan fingerprint density at radius 1 is 0.889 bits per heavy atom. The van der Waals surface area contributed by atoms with E-state index in [1.165, 1.54) is 27.7 Å². The van der Waals surface area contributed by atoms with E-state index in [4.69, 9.17) is 23.7 Å². The summed E-state index contributed by atoms with van der Waals surface area (Å²) in [5.41, 5.74) is 0. The van der Waals surface area contributed by atoms with E-state index in [9.17, 15) is 19.2 Å². The lowest BCUT2D eigenvalue weighted by molar-refractivity contribution is -0.212. The van der Waals surface area contributed by atoms with Crippen LogP contribution in [0.15, 0.2) is 0 Å². The summed E-state index contributed by atoms with van der Waals surface area (Å²) < 4.78 is 26.9. The van der Waals surface area contributed by atoms with E-state index >= 15 is 0 Å². The third kappa shape index (κ3) is 9.73. The topological polar surface area (TPSA) is 114 Å². The summed E-state index contributed by atoms with van der Waals surface area (Å²) in [6, 6.07) is 0. The molecule has 0 bridgehead atoms. The van der Waals surface area contributed by atoms with Crippen LogP contribution < -0.4 is 0 Å². The van der Waals surface area contributed by atoms with Gasteiger partial charge in [-0.15, -0.1) is 0 Å². The molecule has 1 saturated heterocycles. The van der Waals surface area contributed by atoms with Crippen molar-refractivity contribution in [2.45, 2.75) is 65.1 Å². The lowest BCUT2D eigenvalue weighted by atomic mass is 10.0. The van der Waals surface area contributed by atoms with Crippen molar-refractivity contribution in [2.75, 3.05) is 19.0 Å². The third-order valence-electron chi connectivity index (χ3n) is 3.44.